The Hall–Kier alpha value is -9.13. The Kier molecular flexibility index (Phi) is 20.9. The quantitative estimate of drug-likeness (QED) is 0.0261. The van der Waals surface area contributed by atoms with Gasteiger partial charge < -0.3 is 46.5 Å². The van der Waals surface area contributed by atoms with Gasteiger partial charge in [-0.05, 0) is 73.2 Å². The molecule has 2 aliphatic rings. The molecule has 25 heteroatoms. The Morgan fingerprint density at radius 2 is 0.932 bits per heavy atom. The third kappa shape index (κ3) is 17.3. The summed E-state index contributed by atoms with van der Waals surface area (Å²) in [7, 11) is 0. The molecule has 5 rings (SSSR count). The van der Waals surface area contributed by atoms with Crippen LogP contribution < -0.4 is 36.6 Å². The lowest BCUT2D eigenvalue weighted by Crippen LogP contribution is -2.55. The maximum absolute atomic E-state index is 12.8. The minimum absolute atomic E-state index is 0.0737. The van der Waals surface area contributed by atoms with E-state index in [-0.39, 0.29) is 36.5 Å². The number of nitro groups is 1. The second-order valence-electron chi connectivity index (χ2n) is 17.2. The van der Waals surface area contributed by atoms with Crippen LogP contribution in [0.5, 0.6) is 5.75 Å². The molecule has 7 N–H and O–H groups in total. The van der Waals surface area contributed by atoms with Crippen molar-refractivity contribution in [2.75, 3.05) is 23.7 Å². The second kappa shape index (κ2) is 26.9. The molecule has 3 aromatic rings. The number of amides is 10. The number of nitro benzene ring substituents is 1. The SMILES string of the molecule is CC(C)C(NC(=O)CN1C(=O)C=CC1=O)C(=O)N[C@@H](C)C(=O)Nc1ccc(CO)cc1.CC(C)C(NC(=O)CN1C(=O)C=CC1=O)C(=O)N[C@@H](C)C(=O)Nc1ccc(COC(=O)Oc2ccc([N+](=O)[O-])cc2)cc1. The summed E-state index contributed by atoms with van der Waals surface area (Å²) in [6.07, 6.45) is 3.22. The van der Waals surface area contributed by atoms with Gasteiger partial charge in [-0.15, -0.1) is 0 Å². The molecule has 0 fully saturated rings. The number of hydrogen-bond donors (Lipinski definition) is 7. The molecule has 10 amide bonds. The summed E-state index contributed by atoms with van der Waals surface area (Å²) in [6, 6.07) is 13.9. The third-order valence-electron chi connectivity index (χ3n) is 10.7. The molecule has 0 saturated heterocycles. The zero-order chi connectivity index (χ0) is 54.8. The van der Waals surface area contributed by atoms with Crippen molar-refractivity contribution >= 4 is 82.3 Å². The smallest absolute Gasteiger partial charge is 0.429 e. The fourth-order valence-electron chi connectivity index (χ4n) is 6.49. The molecule has 3 aromatic carbocycles. The molecule has 0 radical (unpaired) electrons. The van der Waals surface area contributed by atoms with E-state index in [2.05, 4.69) is 31.9 Å². The largest absolute Gasteiger partial charge is 0.514 e. The Morgan fingerprint density at radius 3 is 1.28 bits per heavy atom. The Morgan fingerprint density at radius 1 is 0.554 bits per heavy atom. The van der Waals surface area contributed by atoms with Gasteiger partial charge in [-0.25, -0.2) is 4.79 Å². The van der Waals surface area contributed by atoms with E-state index >= 15 is 0 Å². The molecule has 2 heterocycles. The van der Waals surface area contributed by atoms with Crippen LogP contribution in [-0.2, 0) is 65.9 Å². The van der Waals surface area contributed by atoms with Gasteiger partial charge in [-0.3, -0.25) is 67.9 Å². The number of hydrogen-bond acceptors (Lipinski definition) is 16. The minimum Gasteiger partial charge on any atom is -0.429 e. The van der Waals surface area contributed by atoms with Crippen LogP contribution >= 0.6 is 0 Å². The Labute approximate surface area is 423 Å². The molecule has 0 spiro atoms. The number of nitrogens with one attached hydrogen (secondary N) is 6. The van der Waals surface area contributed by atoms with Crippen LogP contribution in [0.4, 0.5) is 21.9 Å². The summed E-state index contributed by atoms with van der Waals surface area (Å²) in [6.45, 7) is 8.45. The van der Waals surface area contributed by atoms with E-state index in [4.69, 9.17) is 14.6 Å². The highest BCUT2D eigenvalue weighted by Crippen LogP contribution is 2.19. The number of rotatable bonds is 21. The number of non-ortho nitro benzene ring substituents is 1. The van der Waals surface area contributed by atoms with Crippen LogP contribution in [0, 0.1) is 22.0 Å². The summed E-state index contributed by atoms with van der Waals surface area (Å²) >= 11 is 0. The van der Waals surface area contributed by atoms with Gasteiger partial charge in [0.2, 0.25) is 35.4 Å². The molecule has 0 saturated carbocycles. The fourth-order valence-corrected chi connectivity index (χ4v) is 6.49. The van der Waals surface area contributed by atoms with Gasteiger partial charge in [0.15, 0.2) is 0 Å². The standard InChI is InChI=1S/C28H29N5O10.C21H26N4O6/c1-16(2)25(31-22(34)14-32-23(35)12-13-24(32)36)27(38)29-17(3)26(37)30-19-6-4-18(5-7-19)15-42-28(39)43-21-10-8-20(9-11-21)33(40)41;1-12(2)19(24-16(27)10-25-17(28)8-9-18(25)29)21(31)22-13(3)20(30)23-15-6-4-14(11-26)5-7-15/h4-13,16-17,25H,14-15H2,1-3H3,(H,29,38)(H,30,37)(H,31,34);4-9,12-13,19,26H,10-11H2,1-3H3,(H,22,31)(H,23,30)(H,24,27)/t17-,25?;13-,19?/m00/s1. The number of nitrogens with zero attached hydrogens (tertiary/aromatic N) is 3. The highest BCUT2D eigenvalue weighted by molar-refractivity contribution is 6.15. The summed E-state index contributed by atoms with van der Waals surface area (Å²) < 4.78 is 10.00. The highest BCUT2D eigenvalue weighted by Gasteiger charge is 2.32. The molecule has 25 nitrogen and oxygen atoms in total. The maximum atomic E-state index is 12.8. The first kappa shape index (κ1) is 57.4. The Bertz CT molecular complexity index is 2650. The maximum Gasteiger partial charge on any atom is 0.514 e. The van der Waals surface area contributed by atoms with Crippen molar-refractivity contribution in [1.82, 2.24) is 31.1 Å². The predicted octanol–water partition coefficient (Wildman–Crippen LogP) is 1.51. The van der Waals surface area contributed by atoms with E-state index in [1.807, 2.05) is 0 Å². The fraction of sp³-hybridized carbons (Fsp3) is 0.327. The van der Waals surface area contributed by atoms with Gasteiger partial charge in [-0.1, -0.05) is 52.0 Å². The number of carbonyl (C=O) groups excluding carboxylic acids is 11. The molecule has 4 atom stereocenters. The number of imide groups is 2. The van der Waals surface area contributed by atoms with Crippen molar-refractivity contribution in [2.24, 2.45) is 11.8 Å². The van der Waals surface area contributed by atoms with E-state index in [1.54, 1.807) is 76.2 Å². The van der Waals surface area contributed by atoms with Crippen molar-refractivity contribution in [3.05, 3.63) is 118 Å². The van der Waals surface area contributed by atoms with Gasteiger partial charge in [0.25, 0.3) is 29.3 Å². The van der Waals surface area contributed by atoms with Crippen LogP contribution in [-0.4, -0.2) is 122 Å². The van der Waals surface area contributed by atoms with Gasteiger partial charge in [0, 0.05) is 47.8 Å². The zero-order valence-electron chi connectivity index (χ0n) is 40.9. The van der Waals surface area contributed by atoms with Crippen LogP contribution in [0.25, 0.3) is 0 Å². The number of carbonyl (C=O) groups is 11. The molecule has 2 aliphatic heterocycles. The molecular weight excluding hydrogens is 971 g/mol. The van der Waals surface area contributed by atoms with Gasteiger partial charge >= 0.3 is 6.16 Å². The van der Waals surface area contributed by atoms with Gasteiger partial charge in [0.05, 0.1) is 11.5 Å². The van der Waals surface area contributed by atoms with Crippen molar-refractivity contribution in [3.63, 3.8) is 0 Å². The van der Waals surface area contributed by atoms with Crippen molar-refractivity contribution in [1.29, 1.82) is 0 Å². The molecule has 2 unspecified atom stereocenters. The predicted molar refractivity (Wildman–Crippen MR) is 260 cm³/mol. The third-order valence-corrected chi connectivity index (χ3v) is 10.7. The summed E-state index contributed by atoms with van der Waals surface area (Å²) in [5.41, 5.74) is 2.02. The van der Waals surface area contributed by atoms with Crippen LogP contribution in [0.2, 0.25) is 0 Å². The lowest BCUT2D eigenvalue weighted by Gasteiger charge is -2.24. The van der Waals surface area contributed by atoms with E-state index in [9.17, 15) is 62.9 Å². The van der Waals surface area contributed by atoms with E-state index < -0.39 is 107 Å². The van der Waals surface area contributed by atoms with Crippen LogP contribution in [0.3, 0.4) is 0 Å². The Balaban J connectivity index is 0.000000338. The van der Waals surface area contributed by atoms with Crippen LogP contribution in [0.15, 0.2) is 97.1 Å². The average Bonchev–Trinajstić information content (AvgIpc) is 3.85. The van der Waals surface area contributed by atoms with Crippen molar-refractivity contribution < 1.29 is 72.2 Å². The molecule has 392 valence electrons. The van der Waals surface area contributed by atoms with Gasteiger partial charge in [-0.2, -0.15) is 0 Å². The minimum atomic E-state index is -1.03. The zero-order valence-corrected chi connectivity index (χ0v) is 40.9. The molecule has 0 aromatic heterocycles. The van der Waals surface area contributed by atoms with E-state index in [1.165, 1.54) is 38.1 Å². The van der Waals surface area contributed by atoms with E-state index in [0.29, 0.717) is 22.5 Å². The summed E-state index contributed by atoms with van der Waals surface area (Å²) in [5.74, 6) is -6.63. The van der Waals surface area contributed by atoms with Crippen molar-refractivity contribution in [3.8, 4) is 5.75 Å². The topological polar surface area (TPSA) is 348 Å². The number of anilines is 2. The van der Waals surface area contributed by atoms with Gasteiger partial charge in [0.1, 0.15) is 49.6 Å². The molecule has 74 heavy (non-hydrogen) atoms. The lowest BCUT2D eigenvalue weighted by atomic mass is 10.0. The van der Waals surface area contributed by atoms with Crippen LogP contribution in [0.1, 0.15) is 52.7 Å². The first-order valence-corrected chi connectivity index (χ1v) is 22.7. The normalized spacial score (nSPS) is 14.3. The molecular formula is C49H55N9O16. The first-order valence-electron chi connectivity index (χ1n) is 22.7. The number of aliphatic hydroxyl groups excluding tert-OH is 1. The summed E-state index contributed by atoms with van der Waals surface area (Å²) in [4.78, 5) is 145. The van der Waals surface area contributed by atoms with E-state index in [0.717, 1.165) is 34.1 Å². The number of aliphatic hydroxyl groups is 1. The monoisotopic (exact) mass is 1030 g/mol. The number of benzene rings is 3. The molecule has 0 bridgehead atoms. The molecule has 0 aliphatic carbocycles. The number of ether oxygens (including phenoxy) is 2. The first-order chi connectivity index (χ1) is 34.9. The second-order valence-corrected chi connectivity index (χ2v) is 17.2. The van der Waals surface area contributed by atoms with Crippen molar-refractivity contribution in [2.45, 2.75) is 78.9 Å². The average molecular weight is 1030 g/mol. The lowest BCUT2D eigenvalue weighted by molar-refractivity contribution is -0.384. The highest BCUT2D eigenvalue weighted by atomic mass is 16.7. The summed E-state index contributed by atoms with van der Waals surface area (Å²) in [5, 5.41) is 35.2.